The summed E-state index contributed by atoms with van der Waals surface area (Å²) in [5.41, 5.74) is 8.96. The fourth-order valence-corrected chi connectivity index (χ4v) is 8.98. The predicted molar refractivity (Wildman–Crippen MR) is 248 cm³/mol. The van der Waals surface area contributed by atoms with Crippen molar-refractivity contribution < 1.29 is 8.42 Å². The van der Waals surface area contributed by atoms with Crippen molar-refractivity contribution in [3.8, 4) is 22.5 Å². The summed E-state index contributed by atoms with van der Waals surface area (Å²) in [4.78, 5) is 42.6. The van der Waals surface area contributed by atoms with Crippen molar-refractivity contribution in [1.29, 1.82) is 0 Å². The fourth-order valence-electron chi connectivity index (χ4n) is 8.15. The van der Waals surface area contributed by atoms with Gasteiger partial charge in [0.2, 0.25) is 10.0 Å². The van der Waals surface area contributed by atoms with E-state index >= 15 is 0 Å². The third-order valence-electron chi connectivity index (χ3n) is 11.3. The van der Waals surface area contributed by atoms with Crippen molar-refractivity contribution in [2.24, 2.45) is 0 Å². The second kappa shape index (κ2) is 18.2. The number of benzene rings is 4. The standard InChI is InChI=1S/C23H24N4O3S.C22H22N4O.2ClH/c1-31(29,30)27-10-8-26(9-11-27)15-16-6-7-21-18(12-16)14-22(24-21)19-13-17-4-2-3-5-20(17)25-23(19)28;27-22-18(12-16-3-1-2-4-19(16)25-22)21-13-17-11-15(5-6-20(17)24-21)14-26-9-7-23-8-10-26;;/h2-7,12-14,24H,8-11,15H2,1H3,(H,25,28);1-6,11-13,23-24H,7-10,14H2,(H,25,27);2*1H. The van der Waals surface area contributed by atoms with Gasteiger partial charge in [-0.3, -0.25) is 19.4 Å². The van der Waals surface area contributed by atoms with Gasteiger partial charge in [0.25, 0.3) is 11.1 Å². The summed E-state index contributed by atoms with van der Waals surface area (Å²) in [5.74, 6) is 0. The summed E-state index contributed by atoms with van der Waals surface area (Å²) in [5, 5.41) is 7.61. The highest BCUT2D eigenvalue weighted by Crippen LogP contribution is 2.27. The molecule has 2 aliphatic rings. The van der Waals surface area contributed by atoms with Crippen molar-refractivity contribution in [2.75, 3.05) is 58.6 Å². The SMILES string of the molecule is CS(=O)(=O)N1CCN(Cc2ccc3[nH]c(-c4cc5ccccc5[nH]c4=O)cc3c2)CC1.Cl.Cl.O=c1[nH]c2ccccc2cc1-c1cc2cc(CN3CCNCC3)ccc2[nH]1. The minimum atomic E-state index is -3.12. The Balaban J connectivity index is 0.000000177. The van der Waals surface area contributed by atoms with E-state index in [9.17, 15) is 18.0 Å². The molecule has 0 unspecified atom stereocenters. The zero-order chi connectivity index (χ0) is 39.8. The molecule has 0 saturated carbocycles. The second-order valence-corrected chi connectivity index (χ2v) is 17.4. The highest BCUT2D eigenvalue weighted by Gasteiger charge is 2.23. The molecule has 0 aliphatic carbocycles. The van der Waals surface area contributed by atoms with Crippen LogP contribution in [0.15, 0.2) is 119 Å². The van der Waals surface area contributed by atoms with Crippen LogP contribution in [0.5, 0.6) is 0 Å². The molecule has 0 amide bonds. The lowest BCUT2D eigenvalue weighted by atomic mass is 10.1. The summed E-state index contributed by atoms with van der Waals surface area (Å²) >= 11 is 0. The van der Waals surface area contributed by atoms with Crippen LogP contribution >= 0.6 is 24.8 Å². The van der Waals surface area contributed by atoms with Crippen molar-refractivity contribution in [1.82, 2.24) is 39.4 Å². The first-order valence-electron chi connectivity index (χ1n) is 19.7. The zero-order valence-electron chi connectivity index (χ0n) is 33.2. The van der Waals surface area contributed by atoms with Gasteiger partial charge in [-0.1, -0.05) is 48.5 Å². The van der Waals surface area contributed by atoms with Gasteiger partial charge in [0.1, 0.15) is 0 Å². The number of pyridine rings is 2. The molecule has 4 aromatic heterocycles. The Morgan fingerprint density at radius 1 is 0.500 bits per heavy atom. The molecule has 0 bridgehead atoms. The molecule has 10 rings (SSSR count). The van der Waals surface area contributed by atoms with Gasteiger partial charge in [-0.15, -0.1) is 24.8 Å². The summed E-state index contributed by atoms with van der Waals surface area (Å²) in [6.07, 6.45) is 1.26. The van der Waals surface area contributed by atoms with Crippen molar-refractivity contribution >= 4 is 78.4 Å². The number of piperazine rings is 2. The Bertz CT molecular complexity index is 3020. The van der Waals surface area contributed by atoms with Crippen LogP contribution in [0, 0.1) is 0 Å². The molecule has 12 nitrogen and oxygen atoms in total. The number of halogens is 2. The van der Waals surface area contributed by atoms with E-state index in [1.54, 1.807) is 0 Å². The van der Waals surface area contributed by atoms with Crippen molar-refractivity contribution in [3.63, 3.8) is 0 Å². The molecule has 312 valence electrons. The fraction of sp³-hybridized carbons (Fsp3) is 0.244. The summed E-state index contributed by atoms with van der Waals surface area (Å²) in [6.45, 7) is 8.51. The molecule has 6 heterocycles. The molecular formula is C45H48Cl2N8O4S. The number of aromatic nitrogens is 4. The first-order chi connectivity index (χ1) is 28.1. The molecule has 0 spiro atoms. The van der Waals surface area contributed by atoms with Gasteiger partial charge in [0, 0.05) is 98.3 Å². The number of rotatable bonds is 7. The van der Waals surface area contributed by atoms with Gasteiger partial charge >= 0.3 is 0 Å². The predicted octanol–water partition coefficient (Wildman–Crippen LogP) is 6.68. The largest absolute Gasteiger partial charge is 0.354 e. The van der Waals surface area contributed by atoms with Crippen molar-refractivity contribution in [3.05, 3.63) is 141 Å². The van der Waals surface area contributed by atoms with Gasteiger partial charge < -0.3 is 25.3 Å². The molecule has 2 aliphatic heterocycles. The molecule has 60 heavy (non-hydrogen) atoms. The lowest BCUT2D eigenvalue weighted by molar-refractivity contribution is 0.182. The first-order valence-corrected chi connectivity index (χ1v) is 21.6. The van der Waals surface area contributed by atoms with Gasteiger partial charge in [-0.2, -0.15) is 4.31 Å². The van der Waals surface area contributed by atoms with Gasteiger partial charge in [0.05, 0.1) is 28.8 Å². The third-order valence-corrected chi connectivity index (χ3v) is 12.6. The first kappa shape index (κ1) is 42.9. The van der Waals surface area contributed by atoms with Gasteiger partial charge in [0.15, 0.2) is 0 Å². The molecule has 4 aromatic carbocycles. The average molecular weight is 868 g/mol. The number of para-hydroxylation sites is 2. The molecule has 0 radical (unpaired) electrons. The number of nitrogens with one attached hydrogen (secondary N) is 5. The van der Waals surface area contributed by atoms with Crippen LogP contribution in [0.25, 0.3) is 66.1 Å². The van der Waals surface area contributed by atoms with Crippen LogP contribution in [-0.2, 0) is 23.1 Å². The molecule has 2 saturated heterocycles. The van der Waals surface area contributed by atoms with Crippen LogP contribution in [0.1, 0.15) is 11.1 Å². The monoisotopic (exact) mass is 866 g/mol. The number of fused-ring (bicyclic) bond motifs is 4. The Kier molecular flexibility index (Phi) is 13.0. The normalized spacial score (nSPS) is 15.4. The van der Waals surface area contributed by atoms with E-state index in [0.29, 0.717) is 24.2 Å². The summed E-state index contributed by atoms with van der Waals surface area (Å²) in [6, 6.07) is 36.3. The number of hydrogen-bond donors (Lipinski definition) is 5. The highest BCUT2D eigenvalue weighted by atomic mass is 35.5. The van der Waals surface area contributed by atoms with Crippen molar-refractivity contribution in [2.45, 2.75) is 13.1 Å². The smallest absolute Gasteiger partial charge is 0.257 e. The number of sulfonamides is 1. The quantitative estimate of drug-likeness (QED) is 0.120. The number of H-pyrrole nitrogens is 4. The second-order valence-electron chi connectivity index (χ2n) is 15.4. The van der Waals surface area contributed by atoms with E-state index in [2.05, 4.69) is 71.5 Å². The minimum Gasteiger partial charge on any atom is -0.354 e. The van der Waals surface area contributed by atoms with Crippen LogP contribution in [-0.4, -0.2) is 101 Å². The summed E-state index contributed by atoms with van der Waals surface area (Å²) < 4.78 is 24.9. The molecule has 2 fully saturated rings. The van der Waals surface area contributed by atoms with E-state index in [0.717, 1.165) is 107 Å². The zero-order valence-corrected chi connectivity index (χ0v) is 35.6. The van der Waals surface area contributed by atoms with Crippen LogP contribution in [0.2, 0.25) is 0 Å². The lowest BCUT2D eigenvalue weighted by Crippen LogP contribution is -2.47. The summed E-state index contributed by atoms with van der Waals surface area (Å²) in [7, 11) is -3.12. The lowest BCUT2D eigenvalue weighted by Gasteiger charge is -2.33. The molecular weight excluding hydrogens is 820 g/mol. The van der Waals surface area contributed by atoms with E-state index in [1.807, 2.05) is 72.8 Å². The Morgan fingerprint density at radius 3 is 1.40 bits per heavy atom. The van der Waals surface area contributed by atoms with Gasteiger partial charge in [-0.05, 0) is 82.6 Å². The van der Waals surface area contributed by atoms with E-state index in [4.69, 9.17) is 0 Å². The minimum absolute atomic E-state index is 0. The Hall–Kier alpha value is -5.25. The average Bonchev–Trinajstić information content (AvgIpc) is 3.85. The van der Waals surface area contributed by atoms with E-state index in [1.165, 1.54) is 21.7 Å². The Morgan fingerprint density at radius 2 is 0.933 bits per heavy atom. The van der Waals surface area contributed by atoms with Crippen LogP contribution in [0.3, 0.4) is 0 Å². The Labute approximate surface area is 359 Å². The number of nitrogens with zero attached hydrogens (tertiary/aromatic N) is 3. The maximum Gasteiger partial charge on any atom is 0.257 e. The molecule has 5 N–H and O–H groups in total. The highest BCUT2D eigenvalue weighted by molar-refractivity contribution is 7.88. The topological polar surface area (TPSA) is 153 Å². The van der Waals surface area contributed by atoms with Crippen LogP contribution in [0.4, 0.5) is 0 Å². The third kappa shape index (κ3) is 9.38. The molecule has 8 aromatic rings. The van der Waals surface area contributed by atoms with E-state index in [-0.39, 0.29) is 35.9 Å². The number of hydrogen-bond acceptors (Lipinski definition) is 7. The maximum absolute atomic E-state index is 12.6. The molecule has 0 atom stereocenters. The van der Waals surface area contributed by atoms with Gasteiger partial charge in [-0.25, -0.2) is 8.42 Å². The van der Waals surface area contributed by atoms with E-state index < -0.39 is 10.0 Å². The van der Waals surface area contributed by atoms with Crippen LogP contribution < -0.4 is 16.4 Å². The molecule has 15 heteroatoms. The maximum atomic E-state index is 12.6. The number of aromatic amines is 4.